The summed E-state index contributed by atoms with van der Waals surface area (Å²) in [5.74, 6) is -0.161. The van der Waals surface area contributed by atoms with Crippen molar-refractivity contribution in [2.45, 2.75) is 77.0 Å². The molecule has 0 radical (unpaired) electrons. The van der Waals surface area contributed by atoms with Crippen LogP contribution >= 0.6 is 43.5 Å². The summed E-state index contributed by atoms with van der Waals surface area (Å²) in [7, 11) is 0. The van der Waals surface area contributed by atoms with Gasteiger partial charge in [0.05, 0.1) is 12.0 Å². The number of likely N-dealkylation sites (tertiary alicyclic amines) is 1. The molecule has 8 nitrogen and oxygen atoms in total. The lowest BCUT2D eigenvalue weighted by Crippen LogP contribution is -2.55. The molecule has 0 bridgehead atoms. The molecule has 224 valence electrons. The van der Waals surface area contributed by atoms with Crippen molar-refractivity contribution in [1.29, 1.82) is 0 Å². The summed E-state index contributed by atoms with van der Waals surface area (Å²) < 4.78 is 9.61. The molecule has 1 saturated heterocycles. The van der Waals surface area contributed by atoms with Gasteiger partial charge in [-0.2, -0.15) is 0 Å². The Balaban J connectivity index is 1.45. The van der Waals surface area contributed by atoms with Crippen LogP contribution in [0.2, 0.25) is 5.02 Å². The molecule has 1 aromatic carbocycles. The zero-order chi connectivity index (χ0) is 30.0. The molecule has 3 aromatic rings. The second-order valence-corrected chi connectivity index (χ2v) is 14.3. The van der Waals surface area contributed by atoms with Gasteiger partial charge in [-0.15, -0.1) is 0 Å². The topological polar surface area (TPSA) is 89.4 Å². The molecule has 1 aliphatic carbocycles. The number of nitrogens with zero attached hydrogens (tertiary/aromatic N) is 4. The highest BCUT2D eigenvalue weighted by molar-refractivity contribution is 9.10. The van der Waals surface area contributed by atoms with Crippen molar-refractivity contribution in [2.24, 2.45) is 5.92 Å². The number of pyridine rings is 1. The van der Waals surface area contributed by atoms with Crippen molar-refractivity contribution in [3.05, 3.63) is 79.5 Å². The molecule has 1 fully saturated rings. The minimum atomic E-state index is -0.666. The van der Waals surface area contributed by atoms with E-state index >= 15 is 0 Å². The number of nitrogens with one attached hydrogen (secondary N) is 1. The number of benzene rings is 1. The highest BCUT2D eigenvalue weighted by Crippen LogP contribution is 2.47. The maximum absolute atomic E-state index is 13.8. The van der Waals surface area contributed by atoms with Gasteiger partial charge in [-0.05, 0) is 110 Å². The Morgan fingerprint density at radius 2 is 1.95 bits per heavy atom. The van der Waals surface area contributed by atoms with Crippen LogP contribution in [-0.4, -0.2) is 56.2 Å². The molecule has 0 spiro atoms. The van der Waals surface area contributed by atoms with Crippen LogP contribution < -0.4 is 5.32 Å². The van der Waals surface area contributed by atoms with Crippen molar-refractivity contribution < 1.29 is 14.3 Å². The number of hydrogen-bond donors (Lipinski definition) is 1. The Labute approximate surface area is 268 Å². The Hall–Kier alpha value is -2.43. The van der Waals surface area contributed by atoms with E-state index < -0.39 is 17.7 Å². The standard InChI is InChI=1S/C31H36Br2ClN5O3/c1-31(2,3)42-30(41)39-11-7-20(15-25(39)29(40)36-8-4-10-38-12-9-35-18-38)27-26-19(14-23(34)16-24(26)33)5-6-21-13-22(32)17-37-28(21)27/h9,12-14,16-18,20,25,27H,4-8,10-11,15H2,1-3H3,(H,36,40)/t20?,25?,27-/m1/s1. The SMILES string of the molecule is CC(C)(C)OC(=O)N1CCC([C@H]2c3ncc(Br)cc3CCc3cc(Cl)cc(Br)c32)CC1C(=O)NCCCn1ccnc1. The van der Waals surface area contributed by atoms with E-state index in [0.717, 1.165) is 40.4 Å². The molecule has 2 aliphatic rings. The predicted molar refractivity (Wildman–Crippen MR) is 170 cm³/mol. The Bertz CT molecular complexity index is 1440. The lowest BCUT2D eigenvalue weighted by Gasteiger charge is -2.42. The van der Waals surface area contributed by atoms with Gasteiger partial charge in [0.1, 0.15) is 11.6 Å². The van der Waals surface area contributed by atoms with Crippen LogP contribution in [0.4, 0.5) is 4.79 Å². The van der Waals surface area contributed by atoms with Gasteiger partial charge >= 0.3 is 6.09 Å². The minimum Gasteiger partial charge on any atom is -0.444 e. The first-order valence-electron chi connectivity index (χ1n) is 14.4. The van der Waals surface area contributed by atoms with Crippen molar-refractivity contribution in [1.82, 2.24) is 24.8 Å². The van der Waals surface area contributed by atoms with E-state index in [-0.39, 0.29) is 17.7 Å². The van der Waals surface area contributed by atoms with Gasteiger partial charge in [0.15, 0.2) is 0 Å². The zero-order valence-electron chi connectivity index (χ0n) is 24.1. The number of ether oxygens (including phenoxy) is 1. The molecule has 2 amide bonds. The lowest BCUT2D eigenvalue weighted by molar-refractivity contribution is -0.128. The normalized spacial score (nSPS) is 20.3. The molecule has 3 atom stereocenters. The first kappa shape index (κ1) is 31.0. The summed E-state index contributed by atoms with van der Waals surface area (Å²) >= 11 is 13.9. The summed E-state index contributed by atoms with van der Waals surface area (Å²) in [5.41, 5.74) is 3.89. The number of aryl methyl sites for hydroxylation is 3. The largest absolute Gasteiger partial charge is 0.444 e. The van der Waals surface area contributed by atoms with E-state index in [2.05, 4.69) is 54.3 Å². The highest BCUT2D eigenvalue weighted by Gasteiger charge is 2.43. The molecule has 2 unspecified atom stereocenters. The number of imidazole rings is 1. The molecular weight excluding hydrogens is 686 g/mol. The van der Waals surface area contributed by atoms with E-state index in [1.807, 2.05) is 43.8 Å². The van der Waals surface area contributed by atoms with Gasteiger partial charge in [-0.1, -0.05) is 27.5 Å². The summed E-state index contributed by atoms with van der Waals surface area (Å²) in [6.45, 7) is 7.18. The third-order valence-corrected chi connectivity index (χ3v) is 9.22. The van der Waals surface area contributed by atoms with Crippen LogP contribution in [0.25, 0.3) is 0 Å². The molecule has 11 heteroatoms. The monoisotopic (exact) mass is 719 g/mol. The number of amides is 2. The Morgan fingerprint density at radius 3 is 2.69 bits per heavy atom. The van der Waals surface area contributed by atoms with Crippen molar-refractivity contribution >= 4 is 55.5 Å². The van der Waals surface area contributed by atoms with Crippen LogP contribution in [0.15, 0.2) is 52.1 Å². The van der Waals surface area contributed by atoms with Gasteiger partial charge in [-0.3, -0.25) is 14.7 Å². The number of rotatable bonds is 6. The van der Waals surface area contributed by atoms with Crippen LogP contribution in [0.5, 0.6) is 0 Å². The fourth-order valence-corrected chi connectivity index (χ4v) is 7.62. The van der Waals surface area contributed by atoms with Crippen molar-refractivity contribution in [2.75, 3.05) is 13.1 Å². The molecular formula is C31H36Br2ClN5O3. The van der Waals surface area contributed by atoms with Crippen LogP contribution in [0.3, 0.4) is 0 Å². The molecule has 42 heavy (non-hydrogen) atoms. The van der Waals surface area contributed by atoms with E-state index in [0.29, 0.717) is 31.0 Å². The predicted octanol–water partition coefficient (Wildman–Crippen LogP) is 6.91. The maximum atomic E-state index is 13.8. The molecule has 0 saturated carbocycles. The summed E-state index contributed by atoms with van der Waals surface area (Å²) in [6, 6.07) is 5.48. The van der Waals surface area contributed by atoms with Crippen LogP contribution in [0.1, 0.15) is 68.3 Å². The first-order chi connectivity index (χ1) is 20.0. The Kier molecular flexibility index (Phi) is 9.64. The summed E-state index contributed by atoms with van der Waals surface area (Å²) in [6.07, 6.45) is 10.4. The first-order valence-corrected chi connectivity index (χ1v) is 16.3. The number of piperidine rings is 1. The van der Waals surface area contributed by atoms with E-state index in [1.54, 1.807) is 17.4 Å². The summed E-state index contributed by atoms with van der Waals surface area (Å²) in [5, 5.41) is 3.78. The van der Waals surface area contributed by atoms with Crippen LogP contribution in [-0.2, 0) is 28.9 Å². The van der Waals surface area contributed by atoms with E-state index in [4.69, 9.17) is 21.3 Å². The van der Waals surface area contributed by atoms with Gasteiger partial charge in [0, 0.05) is 58.1 Å². The maximum Gasteiger partial charge on any atom is 0.410 e. The molecule has 2 aromatic heterocycles. The van der Waals surface area contributed by atoms with Crippen LogP contribution in [0, 0.1) is 5.92 Å². The minimum absolute atomic E-state index is 0.0606. The highest BCUT2D eigenvalue weighted by atomic mass is 79.9. The number of hydrogen-bond acceptors (Lipinski definition) is 5. The number of carbonyl (C=O) groups excluding carboxylic acids is 2. The van der Waals surface area contributed by atoms with E-state index in [1.165, 1.54) is 16.7 Å². The van der Waals surface area contributed by atoms with Gasteiger partial charge in [0.2, 0.25) is 5.91 Å². The number of halogens is 3. The molecule has 1 aliphatic heterocycles. The van der Waals surface area contributed by atoms with Gasteiger partial charge in [-0.25, -0.2) is 9.78 Å². The zero-order valence-corrected chi connectivity index (χ0v) is 28.0. The summed E-state index contributed by atoms with van der Waals surface area (Å²) in [4.78, 5) is 37.7. The second-order valence-electron chi connectivity index (χ2n) is 12.1. The fraction of sp³-hybridized carbons (Fsp3) is 0.484. The molecule has 3 heterocycles. The van der Waals surface area contributed by atoms with E-state index in [9.17, 15) is 9.59 Å². The van der Waals surface area contributed by atoms with Gasteiger partial charge in [0.25, 0.3) is 0 Å². The van der Waals surface area contributed by atoms with Gasteiger partial charge < -0.3 is 14.6 Å². The number of fused-ring (bicyclic) bond motifs is 2. The molecule has 5 rings (SSSR count). The smallest absolute Gasteiger partial charge is 0.410 e. The third kappa shape index (κ3) is 7.19. The third-order valence-electron chi connectivity index (χ3n) is 7.91. The number of aromatic nitrogens is 3. The fourth-order valence-electron chi connectivity index (χ4n) is 6.12. The Morgan fingerprint density at radius 1 is 1.17 bits per heavy atom. The second kappa shape index (κ2) is 13.1. The quantitative estimate of drug-likeness (QED) is 0.280. The average Bonchev–Trinajstić information content (AvgIpc) is 3.38. The van der Waals surface area contributed by atoms with Crippen molar-refractivity contribution in [3.8, 4) is 0 Å². The average molecular weight is 722 g/mol. The molecule has 1 N–H and O–H groups in total. The number of carbonyl (C=O) groups is 2. The lowest BCUT2D eigenvalue weighted by atomic mass is 9.74. The van der Waals surface area contributed by atoms with Crippen molar-refractivity contribution in [3.63, 3.8) is 0 Å².